The number of nitrogens with two attached hydrogens (primary N) is 1. The number of carbonyl (C=O) groups excluding carboxylic acids is 2. The fraction of sp³-hybridized carbons (Fsp3) is 0.182. The molecule has 1 aromatic carbocycles. The Bertz CT molecular complexity index is 548. The van der Waals surface area contributed by atoms with Crippen LogP contribution in [0.4, 0.5) is 4.79 Å². The number of hydrogen-bond donors (Lipinski definition) is 3. The summed E-state index contributed by atoms with van der Waals surface area (Å²) in [5, 5.41) is 2.76. The molecule has 2 aromatic rings. The van der Waals surface area contributed by atoms with Crippen LogP contribution in [0, 0.1) is 0 Å². The zero-order valence-electron chi connectivity index (χ0n) is 9.47. The fourth-order valence-electron chi connectivity index (χ4n) is 1.44. The molecule has 0 saturated heterocycles. The Morgan fingerprint density at radius 2 is 2.17 bits per heavy atom. The summed E-state index contributed by atoms with van der Waals surface area (Å²) in [5.41, 5.74) is 6.68. The number of thioether (sulfide) groups is 1. The monoisotopic (exact) mass is 264 g/mol. The van der Waals surface area contributed by atoms with Gasteiger partial charge < -0.3 is 10.7 Å². The third-order valence-electron chi connectivity index (χ3n) is 2.20. The molecule has 18 heavy (non-hydrogen) atoms. The van der Waals surface area contributed by atoms with Gasteiger partial charge in [0.15, 0.2) is 5.16 Å². The second-order valence-electron chi connectivity index (χ2n) is 3.57. The number of carbonyl (C=O) groups is 2. The highest BCUT2D eigenvalue weighted by Crippen LogP contribution is 2.19. The van der Waals surface area contributed by atoms with Crippen molar-refractivity contribution in [2.75, 3.05) is 5.75 Å². The van der Waals surface area contributed by atoms with E-state index in [2.05, 4.69) is 9.97 Å². The van der Waals surface area contributed by atoms with Crippen molar-refractivity contribution in [1.29, 1.82) is 0 Å². The smallest absolute Gasteiger partial charge is 0.318 e. The summed E-state index contributed by atoms with van der Waals surface area (Å²) >= 11 is 1.42. The standard InChI is InChI=1S/C11H12N4O2S/c12-10(17)15-9(16)5-6-18-11-13-7-3-1-2-4-8(7)14-11/h1-4H,5-6H2,(H,13,14)(H3,12,15,16,17). The van der Waals surface area contributed by atoms with Gasteiger partial charge >= 0.3 is 6.03 Å². The summed E-state index contributed by atoms with van der Waals surface area (Å²) in [6.45, 7) is 0. The van der Waals surface area contributed by atoms with Crippen molar-refractivity contribution in [3.8, 4) is 0 Å². The highest BCUT2D eigenvalue weighted by molar-refractivity contribution is 7.99. The lowest BCUT2D eigenvalue weighted by molar-refractivity contribution is -0.119. The van der Waals surface area contributed by atoms with Crippen LogP contribution >= 0.6 is 11.8 Å². The Hall–Kier alpha value is -2.02. The summed E-state index contributed by atoms with van der Waals surface area (Å²) in [7, 11) is 0. The van der Waals surface area contributed by atoms with Crippen LogP contribution in [0.25, 0.3) is 11.0 Å². The molecule has 6 nitrogen and oxygen atoms in total. The van der Waals surface area contributed by atoms with E-state index in [0.717, 1.165) is 16.2 Å². The average Bonchev–Trinajstić information content (AvgIpc) is 2.70. The van der Waals surface area contributed by atoms with Gasteiger partial charge in [-0.1, -0.05) is 23.9 Å². The molecular weight excluding hydrogens is 252 g/mol. The summed E-state index contributed by atoms with van der Waals surface area (Å²) in [5.74, 6) is 0.143. The van der Waals surface area contributed by atoms with Gasteiger partial charge in [-0.05, 0) is 12.1 Å². The number of rotatable bonds is 4. The second kappa shape index (κ2) is 5.54. The minimum atomic E-state index is -0.825. The van der Waals surface area contributed by atoms with E-state index in [9.17, 15) is 9.59 Å². The van der Waals surface area contributed by atoms with Crippen LogP contribution in [0.1, 0.15) is 6.42 Å². The zero-order valence-corrected chi connectivity index (χ0v) is 10.3. The van der Waals surface area contributed by atoms with E-state index in [4.69, 9.17) is 5.73 Å². The molecule has 0 saturated carbocycles. The van der Waals surface area contributed by atoms with Gasteiger partial charge in [0.2, 0.25) is 5.91 Å². The maximum absolute atomic E-state index is 11.2. The minimum absolute atomic E-state index is 0.213. The topological polar surface area (TPSA) is 101 Å². The van der Waals surface area contributed by atoms with Crippen LogP contribution in [-0.4, -0.2) is 27.7 Å². The van der Waals surface area contributed by atoms with Crippen LogP contribution in [0.5, 0.6) is 0 Å². The first-order chi connectivity index (χ1) is 8.65. The average molecular weight is 264 g/mol. The van der Waals surface area contributed by atoms with Crippen molar-refractivity contribution >= 4 is 34.7 Å². The lowest BCUT2D eigenvalue weighted by atomic mass is 10.3. The molecule has 0 unspecified atom stereocenters. The Balaban J connectivity index is 1.87. The Morgan fingerprint density at radius 3 is 2.89 bits per heavy atom. The number of hydrogen-bond acceptors (Lipinski definition) is 4. The summed E-state index contributed by atoms with van der Waals surface area (Å²) in [6.07, 6.45) is 0.213. The molecule has 94 valence electrons. The molecule has 1 heterocycles. The molecule has 4 N–H and O–H groups in total. The number of amides is 3. The first-order valence-corrected chi connectivity index (χ1v) is 6.30. The van der Waals surface area contributed by atoms with Crippen molar-refractivity contribution in [3.05, 3.63) is 24.3 Å². The van der Waals surface area contributed by atoms with E-state index in [-0.39, 0.29) is 12.3 Å². The molecule has 0 aliphatic rings. The molecule has 0 aliphatic heterocycles. The summed E-state index contributed by atoms with van der Waals surface area (Å²) in [4.78, 5) is 29.1. The predicted octanol–water partition coefficient (Wildman–Crippen LogP) is 1.24. The van der Waals surface area contributed by atoms with E-state index in [1.807, 2.05) is 29.6 Å². The maximum atomic E-state index is 11.2. The van der Waals surface area contributed by atoms with Gasteiger partial charge in [0.25, 0.3) is 0 Å². The summed E-state index contributed by atoms with van der Waals surface area (Å²) in [6, 6.07) is 6.86. The number of aromatic amines is 1. The lowest BCUT2D eigenvalue weighted by Crippen LogP contribution is -2.35. The van der Waals surface area contributed by atoms with Crippen LogP contribution in [0.3, 0.4) is 0 Å². The Morgan fingerprint density at radius 1 is 1.39 bits per heavy atom. The number of imide groups is 1. The minimum Gasteiger partial charge on any atom is -0.351 e. The number of nitrogens with one attached hydrogen (secondary N) is 2. The molecule has 0 spiro atoms. The number of primary amides is 1. The molecule has 3 amide bonds. The molecule has 0 bridgehead atoms. The summed E-state index contributed by atoms with van der Waals surface area (Å²) < 4.78 is 0. The van der Waals surface area contributed by atoms with Gasteiger partial charge in [0, 0.05) is 12.2 Å². The van der Waals surface area contributed by atoms with E-state index in [1.165, 1.54) is 11.8 Å². The molecule has 7 heteroatoms. The van der Waals surface area contributed by atoms with Crippen molar-refractivity contribution in [3.63, 3.8) is 0 Å². The van der Waals surface area contributed by atoms with Gasteiger partial charge in [-0.2, -0.15) is 0 Å². The molecule has 0 radical (unpaired) electrons. The number of urea groups is 1. The Kier molecular flexibility index (Phi) is 3.83. The van der Waals surface area contributed by atoms with Crippen molar-refractivity contribution in [1.82, 2.24) is 15.3 Å². The number of para-hydroxylation sites is 2. The van der Waals surface area contributed by atoms with E-state index in [0.29, 0.717) is 5.75 Å². The third kappa shape index (κ3) is 3.24. The fourth-order valence-corrected chi connectivity index (χ4v) is 2.26. The van der Waals surface area contributed by atoms with Gasteiger partial charge in [-0.15, -0.1) is 0 Å². The molecule has 0 atom stereocenters. The van der Waals surface area contributed by atoms with Crippen LogP contribution in [-0.2, 0) is 4.79 Å². The number of nitrogens with zero attached hydrogens (tertiary/aromatic N) is 1. The number of imidazole rings is 1. The number of fused-ring (bicyclic) bond motifs is 1. The number of aromatic nitrogens is 2. The predicted molar refractivity (Wildman–Crippen MR) is 69.2 cm³/mol. The normalized spacial score (nSPS) is 10.4. The van der Waals surface area contributed by atoms with Crippen LogP contribution in [0.2, 0.25) is 0 Å². The van der Waals surface area contributed by atoms with Gasteiger partial charge in [0.05, 0.1) is 11.0 Å². The first-order valence-electron chi connectivity index (χ1n) is 5.32. The number of H-pyrrole nitrogens is 1. The first kappa shape index (κ1) is 12.4. The zero-order chi connectivity index (χ0) is 13.0. The Labute approximate surface area is 107 Å². The van der Waals surface area contributed by atoms with Crippen molar-refractivity contribution in [2.24, 2.45) is 5.73 Å². The molecule has 1 aromatic heterocycles. The highest BCUT2D eigenvalue weighted by Gasteiger charge is 2.06. The van der Waals surface area contributed by atoms with Gasteiger partial charge in [-0.25, -0.2) is 9.78 Å². The van der Waals surface area contributed by atoms with E-state index < -0.39 is 6.03 Å². The van der Waals surface area contributed by atoms with Crippen molar-refractivity contribution < 1.29 is 9.59 Å². The quantitative estimate of drug-likeness (QED) is 0.723. The van der Waals surface area contributed by atoms with Gasteiger partial charge in [0.1, 0.15) is 0 Å². The van der Waals surface area contributed by atoms with E-state index >= 15 is 0 Å². The molecular formula is C11H12N4O2S. The van der Waals surface area contributed by atoms with Crippen LogP contribution < -0.4 is 11.1 Å². The SMILES string of the molecule is NC(=O)NC(=O)CCSc1nc2ccccc2[nH]1. The maximum Gasteiger partial charge on any atom is 0.318 e. The second-order valence-corrected chi connectivity index (χ2v) is 4.65. The lowest BCUT2D eigenvalue weighted by Gasteiger charge is -1.98. The molecule has 0 aliphatic carbocycles. The van der Waals surface area contributed by atoms with Crippen LogP contribution in [0.15, 0.2) is 29.4 Å². The van der Waals surface area contributed by atoms with E-state index in [1.54, 1.807) is 0 Å². The molecule has 0 fully saturated rings. The van der Waals surface area contributed by atoms with Crippen molar-refractivity contribution in [2.45, 2.75) is 11.6 Å². The highest BCUT2D eigenvalue weighted by atomic mass is 32.2. The molecule has 2 rings (SSSR count). The van der Waals surface area contributed by atoms with Gasteiger partial charge in [-0.3, -0.25) is 10.1 Å². The largest absolute Gasteiger partial charge is 0.351 e. The number of benzene rings is 1. The third-order valence-corrected chi connectivity index (χ3v) is 3.07.